The highest BCUT2D eigenvalue weighted by Crippen LogP contribution is 2.37. The van der Waals surface area contributed by atoms with E-state index in [1.807, 2.05) is 45.0 Å². The summed E-state index contributed by atoms with van der Waals surface area (Å²) >= 11 is 0. The molecule has 1 aromatic rings. The van der Waals surface area contributed by atoms with Crippen molar-refractivity contribution in [2.24, 2.45) is 5.92 Å². The molecule has 0 bridgehead atoms. The molecule has 1 unspecified atom stereocenters. The van der Waals surface area contributed by atoms with Crippen molar-refractivity contribution in [3.8, 4) is 0 Å². The maximum atomic E-state index is 11.0. The molecule has 0 radical (unpaired) electrons. The van der Waals surface area contributed by atoms with E-state index in [0.29, 0.717) is 5.56 Å². The van der Waals surface area contributed by atoms with Crippen LogP contribution in [0.3, 0.4) is 0 Å². The van der Waals surface area contributed by atoms with Crippen molar-refractivity contribution in [3.05, 3.63) is 35.4 Å². The number of carboxylic acid groups (broad SMARTS) is 1. The maximum absolute atomic E-state index is 11.0. The normalized spacial score (nSPS) is 14.5. The summed E-state index contributed by atoms with van der Waals surface area (Å²) in [7, 11) is 0. The van der Waals surface area contributed by atoms with Crippen molar-refractivity contribution in [2.45, 2.75) is 45.6 Å². The lowest BCUT2D eigenvalue weighted by atomic mass is 9.76. The summed E-state index contributed by atoms with van der Waals surface area (Å²) in [5, 5.41) is 19.9. The van der Waals surface area contributed by atoms with Gasteiger partial charge in [0.25, 0.3) is 0 Å². The molecular weight excluding hydrogens is 228 g/mol. The summed E-state index contributed by atoms with van der Waals surface area (Å²) in [5.41, 5.74) is 0.522. The lowest BCUT2D eigenvalue weighted by Gasteiger charge is -2.34. The molecule has 100 valence electrons. The van der Waals surface area contributed by atoms with Crippen LogP contribution >= 0.6 is 0 Å². The molecule has 0 aromatic heterocycles. The van der Waals surface area contributed by atoms with Crippen molar-refractivity contribution in [1.82, 2.24) is 0 Å². The fourth-order valence-corrected chi connectivity index (χ4v) is 2.52. The zero-order valence-electron chi connectivity index (χ0n) is 11.3. The SMILES string of the molecule is CCC(CC)C(O)(CC(=O)O)c1ccc(C)cc1. The van der Waals surface area contributed by atoms with Crippen LogP contribution in [0.2, 0.25) is 0 Å². The molecule has 0 aliphatic heterocycles. The topological polar surface area (TPSA) is 57.5 Å². The molecule has 1 atom stereocenters. The Morgan fingerprint density at radius 3 is 2.11 bits per heavy atom. The van der Waals surface area contributed by atoms with Crippen LogP contribution in [0.15, 0.2) is 24.3 Å². The van der Waals surface area contributed by atoms with Crippen LogP contribution in [0, 0.1) is 12.8 Å². The van der Waals surface area contributed by atoms with Crippen molar-refractivity contribution >= 4 is 5.97 Å². The summed E-state index contributed by atoms with van der Waals surface area (Å²) < 4.78 is 0. The van der Waals surface area contributed by atoms with E-state index >= 15 is 0 Å². The highest BCUT2D eigenvalue weighted by Gasteiger charge is 2.38. The first-order valence-corrected chi connectivity index (χ1v) is 6.45. The number of aliphatic carboxylic acids is 1. The van der Waals surface area contributed by atoms with Gasteiger partial charge in [0.2, 0.25) is 0 Å². The highest BCUT2D eigenvalue weighted by atomic mass is 16.4. The monoisotopic (exact) mass is 250 g/mol. The summed E-state index contributed by atoms with van der Waals surface area (Å²) in [6.07, 6.45) is 1.27. The van der Waals surface area contributed by atoms with Crippen LogP contribution in [-0.4, -0.2) is 16.2 Å². The third-order valence-corrected chi connectivity index (χ3v) is 3.63. The predicted molar refractivity (Wildman–Crippen MR) is 71.4 cm³/mol. The Morgan fingerprint density at radius 1 is 1.22 bits per heavy atom. The van der Waals surface area contributed by atoms with E-state index in [4.69, 9.17) is 5.11 Å². The molecule has 0 fully saturated rings. The van der Waals surface area contributed by atoms with Crippen LogP contribution in [-0.2, 0) is 10.4 Å². The number of carboxylic acids is 1. The first kappa shape index (κ1) is 14.7. The van der Waals surface area contributed by atoms with E-state index in [1.54, 1.807) is 0 Å². The second-order valence-corrected chi connectivity index (χ2v) is 4.87. The largest absolute Gasteiger partial charge is 0.481 e. The molecule has 1 rings (SSSR count). The van der Waals surface area contributed by atoms with E-state index in [2.05, 4.69) is 0 Å². The summed E-state index contributed by atoms with van der Waals surface area (Å²) in [6, 6.07) is 7.47. The van der Waals surface area contributed by atoms with Crippen molar-refractivity contribution < 1.29 is 15.0 Å². The van der Waals surface area contributed by atoms with Crippen LogP contribution in [0.25, 0.3) is 0 Å². The minimum Gasteiger partial charge on any atom is -0.481 e. The summed E-state index contributed by atoms with van der Waals surface area (Å²) in [6.45, 7) is 5.93. The first-order chi connectivity index (χ1) is 8.43. The molecule has 1 aromatic carbocycles. The minimum absolute atomic E-state index is 0.0451. The predicted octanol–water partition coefficient (Wildman–Crippen LogP) is 3.09. The second-order valence-electron chi connectivity index (χ2n) is 4.87. The van der Waals surface area contributed by atoms with Gasteiger partial charge in [-0.05, 0) is 18.4 Å². The van der Waals surface area contributed by atoms with Gasteiger partial charge in [-0.15, -0.1) is 0 Å². The second kappa shape index (κ2) is 6.01. The van der Waals surface area contributed by atoms with Crippen molar-refractivity contribution in [2.75, 3.05) is 0 Å². The number of aliphatic hydroxyl groups is 1. The molecule has 0 saturated heterocycles. The zero-order chi connectivity index (χ0) is 13.8. The Morgan fingerprint density at radius 2 is 1.72 bits per heavy atom. The van der Waals surface area contributed by atoms with Gasteiger partial charge in [0.1, 0.15) is 5.60 Å². The molecule has 0 spiro atoms. The third kappa shape index (κ3) is 3.10. The molecule has 0 aliphatic carbocycles. The van der Waals surface area contributed by atoms with Gasteiger partial charge in [0.05, 0.1) is 6.42 Å². The van der Waals surface area contributed by atoms with Gasteiger partial charge in [-0.2, -0.15) is 0 Å². The lowest BCUT2D eigenvalue weighted by Crippen LogP contribution is -2.37. The van der Waals surface area contributed by atoms with Gasteiger partial charge < -0.3 is 10.2 Å². The summed E-state index contributed by atoms with van der Waals surface area (Å²) in [5.74, 6) is -1.01. The number of hydrogen-bond acceptors (Lipinski definition) is 2. The molecule has 2 N–H and O–H groups in total. The van der Waals surface area contributed by atoms with E-state index in [-0.39, 0.29) is 12.3 Å². The molecule has 3 heteroatoms. The first-order valence-electron chi connectivity index (χ1n) is 6.45. The van der Waals surface area contributed by atoms with Crippen molar-refractivity contribution in [1.29, 1.82) is 0 Å². The smallest absolute Gasteiger partial charge is 0.306 e. The van der Waals surface area contributed by atoms with Gasteiger partial charge in [0.15, 0.2) is 0 Å². The van der Waals surface area contributed by atoms with E-state index in [9.17, 15) is 9.90 Å². The van der Waals surface area contributed by atoms with Crippen molar-refractivity contribution in [3.63, 3.8) is 0 Å². The van der Waals surface area contributed by atoms with Crippen LogP contribution < -0.4 is 0 Å². The van der Waals surface area contributed by atoms with Gasteiger partial charge in [-0.25, -0.2) is 0 Å². The Labute approximate surface area is 108 Å². The number of aryl methyl sites for hydroxylation is 1. The maximum Gasteiger partial charge on any atom is 0.306 e. The quantitative estimate of drug-likeness (QED) is 0.815. The average Bonchev–Trinajstić information content (AvgIpc) is 2.30. The Kier molecular flexibility index (Phi) is 4.91. The molecule has 0 saturated carbocycles. The third-order valence-electron chi connectivity index (χ3n) is 3.63. The molecule has 0 amide bonds. The minimum atomic E-state index is -1.27. The van der Waals surface area contributed by atoms with E-state index in [1.165, 1.54) is 0 Å². The van der Waals surface area contributed by atoms with Crippen LogP contribution in [0.5, 0.6) is 0 Å². The summed E-state index contributed by atoms with van der Waals surface area (Å²) in [4.78, 5) is 11.0. The molecule has 0 aliphatic rings. The number of carbonyl (C=O) groups is 1. The zero-order valence-corrected chi connectivity index (χ0v) is 11.3. The number of benzene rings is 1. The lowest BCUT2D eigenvalue weighted by molar-refractivity contribution is -0.146. The van der Waals surface area contributed by atoms with Gasteiger partial charge in [-0.1, -0.05) is 56.5 Å². The van der Waals surface area contributed by atoms with E-state index < -0.39 is 11.6 Å². The molecule has 3 nitrogen and oxygen atoms in total. The van der Waals surface area contributed by atoms with Gasteiger partial charge >= 0.3 is 5.97 Å². The Hall–Kier alpha value is -1.35. The fraction of sp³-hybridized carbons (Fsp3) is 0.533. The Balaban J connectivity index is 3.18. The molecule has 0 heterocycles. The fourth-order valence-electron chi connectivity index (χ4n) is 2.52. The molecule has 18 heavy (non-hydrogen) atoms. The van der Waals surface area contributed by atoms with Crippen LogP contribution in [0.1, 0.15) is 44.2 Å². The van der Waals surface area contributed by atoms with Gasteiger partial charge in [0, 0.05) is 0 Å². The average molecular weight is 250 g/mol. The van der Waals surface area contributed by atoms with Gasteiger partial charge in [-0.3, -0.25) is 4.79 Å². The van der Waals surface area contributed by atoms with Crippen LogP contribution in [0.4, 0.5) is 0 Å². The highest BCUT2D eigenvalue weighted by molar-refractivity contribution is 5.68. The number of hydrogen-bond donors (Lipinski definition) is 2. The standard InChI is InChI=1S/C15H22O3/c1-4-12(5-2)15(18,10-14(16)17)13-8-6-11(3)7-9-13/h6-9,12,18H,4-5,10H2,1-3H3,(H,16,17). The van der Waals surface area contributed by atoms with E-state index in [0.717, 1.165) is 18.4 Å². The molecular formula is C15H22O3. The number of rotatable bonds is 6. The Bertz CT molecular complexity index is 393.